The molecule has 0 bridgehead atoms. The van der Waals surface area contributed by atoms with Crippen LogP contribution < -0.4 is 0 Å². The maximum atomic E-state index is 12.0. The third-order valence-corrected chi connectivity index (χ3v) is 8.46. The van der Waals surface area contributed by atoms with E-state index in [-0.39, 0.29) is 11.0 Å². The maximum Gasteiger partial charge on any atom is 0.334 e. The molecule has 0 unspecified atom stereocenters. The van der Waals surface area contributed by atoms with Gasteiger partial charge < -0.3 is 9.16 Å². The van der Waals surface area contributed by atoms with Crippen LogP contribution in [0.25, 0.3) is 0 Å². The Morgan fingerprint density at radius 1 is 1.20 bits per heavy atom. The van der Waals surface area contributed by atoms with Gasteiger partial charge in [-0.05, 0) is 23.7 Å². The normalized spacial score (nSPS) is 13.9. The number of esters is 1. The number of carbonyl (C=O) groups is 1. The minimum atomic E-state index is -2.00. The van der Waals surface area contributed by atoms with Crippen molar-refractivity contribution in [3.63, 3.8) is 0 Å². The summed E-state index contributed by atoms with van der Waals surface area (Å²) >= 11 is 0. The van der Waals surface area contributed by atoms with Crippen molar-refractivity contribution in [3.8, 4) is 0 Å². The maximum absolute atomic E-state index is 12.0. The second kappa shape index (κ2) is 6.55. The molecule has 20 heavy (non-hydrogen) atoms. The Kier molecular flexibility index (Phi) is 5.54. The predicted octanol–water partition coefficient (Wildman–Crippen LogP) is 3.79. The van der Waals surface area contributed by atoms with E-state index in [1.807, 2.05) is 30.3 Å². The van der Waals surface area contributed by atoms with Gasteiger partial charge in [-0.1, -0.05) is 51.1 Å². The molecule has 0 saturated heterocycles. The van der Waals surface area contributed by atoms with Crippen molar-refractivity contribution in [2.75, 3.05) is 7.11 Å². The molecule has 4 heteroatoms. The highest BCUT2D eigenvalue weighted by Gasteiger charge is 2.41. The molecule has 0 aliphatic carbocycles. The Labute approximate surface area is 123 Å². The molecule has 0 aliphatic rings. The predicted molar refractivity (Wildman–Crippen MR) is 84.2 cm³/mol. The largest absolute Gasteiger partial charge is 0.467 e. The first-order valence-corrected chi connectivity index (χ1v) is 9.88. The molecule has 1 aromatic carbocycles. The smallest absolute Gasteiger partial charge is 0.334 e. The van der Waals surface area contributed by atoms with Crippen LogP contribution in [0.5, 0.6) is 0 Å². The lowest BCUT2D eigenvalue weighted by atomic mass is 10.1. The summed E-state index contributed by atoms with van der Waals surface area (Å²) in [4.78, 5) is 12.0. The standard InChI is InChI=1S/C16H26O3Si/c1-16(2,3)20(5,6)19-14(15(17)18-4)12-13-10-8-7-9-11-13/h7-11,14H,12H2,1-6H3/t14-/m0/s1. The molecule has 0 fully saturated rings. The molecule has 1 rings (SSSR count). The van der Waals surface area contributed by atoms with Gasteiger partial charge in [0.25, 0.3) is 0 Å². The lowest BCUT2D eigenvalue weighted by Gasteiger charge is -2.38. The molecule has 112 valence electrons. The van der Waals surface area contributed by atoms with E-state index in [9.17, 15) is 4.79 Å². The highest BCUT2D eigenvalue weighted by Crippen LogP contribution is 2.37. The van der Waals surface area contributed by atoms with E-state index in [1.54, 1.807) is 0 Å². The fourth-order valence-electron chi connectivity index (χ4n) is 1.67. The SMILES string of the molecule is COC(=O)[C@H](Cc1ccccc1)O[Si](C)(C)C(C)(C)C. The van der Waals surface area contributed by atoms with Crippen molar-refractivity contribution in [2.24, 2.45) is 0 Å². The van der Waals surface area contributed by atoms with E-state index in [4.69, 9.17) is 9.16 Å². The molecular weight excluding hydrogens is 268 g/mol. The average molecular weight is 294 g/mol. The molecule has 0 spiro atoms. The van der Waals surface area contributed by atoms with Crippen LogP contribution in [0.4, 0.5) is 0 Å². The van der Waals surface area contributed by atoms with Gasteiger partial charge in [-0.15, -0.1) is 0 Å². The van der Waals surface area contributed by atoms with Crippen LogP contribution in [0.1, 0.15) is 26.3 Å². The first kappa shape index (κ1) is 16.9. The zero-order chi connectivity index (χ0) is 15.4. The van der Waals surface area contributed by atoms with E-state index in [0.717, 1.165) is 5.56 Å². The number of hydrogen-bond acceptors (Lipinski definition) is 3. The van der Waals surface area contributed by atoms with Crippen molar-refractivity contribution >= 4 is 14.3 Å². The van der Waals surface area contributed by atoms with Gasteiger partial charge in [0.05, 0.1) is 7.11 Å². The van der Waals surface area contributed by atoms with Gasteiger partial charge in [0.2, 0.25) is 0 Å². The van der Waals surface area contributed by atoms with Crippen LogP contribution >= 0.6 is 0 Å². The molecule has 0 aliphatic heterocycles. The molecule has 1 aromatic rings. The third-order valence-electron chi connectivity index (χ3n) is 3.97. The van der Waals surface area contributed by atoms with Crippen molar-refractivity contribution in [3.05, 3.63) is 35.9 Å². The molecule has 3 nitrogen and oxygen atoms in total. The van der Waals surface area contributed by atoms with Gasteiger partial charge in [-0.2, -0.15) is 0 Å². The first-order valence-electron chi connectivity index (χ1n) is 6.97. The first-order chi connectivity index (χ1) is 9.17. The van der Waals surface area contributed by atoms with Crippen molar-refractivity contribution in [1.29, 1.82) is 0 Å². The summed E-state index contributed by atoms with van der Waals surface area (Å²) in [5.74, 6) is -0.293. The zero-order valence-corrected chi connectivity index (χ0v) is 14.4. The lowest BCUT2D eigenvalue weighted by Crippen LogP contribution is -2.47. The Bertz CT molecular complexity index is 435. The van der Waals surface area contributed by atoms with E-state index in [1.165, 1.54) is 7.11 Å². The Balaban J connectivity index is 2.89. The van der Waals surface area contributed by atoms with Crippen LogP contribution in [0, 0.1) is 0 Å². The molecule has 0 N–H and O–H groups in total. The second-order valence-electron chi connectivity index (χ2n) is 6.58. The van der Waals surface area contributed by atoms with E-state index < -0.39 is 14.4 Å². The van der Waals surface area contributed by atoms with Gasteiger partial charge in [-0.25, -0.2) is 4.79 Å². The summed E-state index contributed by atoms with van der Waals surface area (Å²) in [6.45, 7) is 10.8. The molecule has 0 amide bonds. The number of rotatable bonds is 5. The highest BCUT2D eigenvalue weighted by molar-refractivity contribution is 6.74. The van der Waals surface area contributed by atoms with Crippen molar-refractivity contribution in [1.82, 2.24) is 0 Å². The fraction of sp³-hybridized carbons (Fsp3) is 0.562. The van der Waals surface area contributed by atoms with Crippen LogP contribution in [-0.2, 0) is 20.4 Å². The minimum Gasteiger partial charge on any atom is -0.467 e. The Morgan fingerprint density at radius 2 is 1.75 bits per heavy atom. The van der Waals surface area contributed by atoms with E-state index in [2.05, 4.69) is 33.9 Å². The molecule has 1 atom stereocenters. The molecule has 0 saturated carbocycles. The number of ether oxygens (including phenoxy) is 1. The Morgan fingerprint density at radius 3 is 2.20 bits per heavy atom. The van der Waals surface area contributed by atoms with Gasteiger partial charge in [0.1, 0.15) is 6.10 Å². The number of carbonyl (C=O) groups excluding carboxylic acids is 1. The monoisotopic (exact) mass is 294 g/mol. The number of hydrogen-bond donors (Lipinski definition) is 0. The van der Waals surface area contributed by atoms with E-state index >= 15 is 0 Å². The number of benzene rings is 1. The topological polar surface area (TPSA) is 35.5 Å². The van der Waals surface area contributed by atoms with Gasteiger partial charge >= 0.3 is 5.97 Å². The van der Waals surface area contributed by atoms with Gasteiger partial charge in [-0.3, -0.25) is 0 Å². The van der Waals surface area contributed by atoms with Gasteiger partial charge in [0, 0.05) is 6.42 Å². The second-order valence-corrected chi connectivity index (χ2v) is 11.3. The summed E-state index contributed by atoms with van der Waals surface area (Å²) in [6.07, 6.45) is 0.0308. The average Bonchev–Trinajstić information content (AvgIpc) is 2.36. The van der Waals surface area contributed by atoms with E-state index in [0.29, 0.717) is 6.42 Å². The van der Waals surface area contributed by atoms with Crippen molar-refractivity contribution < 1.29 is 14.0 Å². The Hall–Kier alpha value is -1.13. The summed E-state index contributed by atoms with van der Waals surface area (Å²) in [6, 6.07) is 9.91. The van der Waals surface area contributed by atoms with Crippen molar-refractivity contribution in [2.45, 2.75) is 51.4 Å². The molecule has 0 aromatic heterocycles. The summed E-state index contributed by atoms with van der Waals surface area (Å²) in [7, 11) is -0.590. The fourth-order valence-corrected chi connectivity index (χ4v) is 2.91. The number of methoxy groups -OCH3 is 1. The lowest BCUT2D eigenvalue weighted by molar-refractivity contribution is -0.149. The van der Waals surface area contributed by atoms with Crippen LogP contribution in [0.2, 0.25) is 18.1 Å². The van der Waals surface area contributed by atoms with Crippen LogP contribution in [0.15, 0.2) is 30.3 Å². The van der Waals surface area contributed by atoms with Crippen LogP contribution in [0.3, 0.4) is 0 Å². The summed E-state index contributed by atoms with van der Waals surface area (Å²) < 4.78 is 11.1. The zero-order valence-electron chi connectivity index (χ0n) is 13.4. The minimum absolute atomic E-state index is 0.0654. The highest BCUT2D eigenvalue weighted by atomic mass is 28.4. The molecular formula is C16H26O3Si. The van der Waals surface area contributed by atoms with Gasteiger partial charge in [0.15, 0.2) is 8.32 Å². The van der Waals surface area contributed by atoms with Crippen LogP contribution in [-0.4, -0.2) is 27.5 Å². The quantitative estimate of drug-likeness (QED) is 0.612. The summed E-state index contributed by atoms with van der Waals surface area (Å²) in [5, 5.41) is 0.0654. The molecule has 0 heterocycles. The molecule has 0 radical (unpaired) electrons. The summed E-state index contributed by atoms with van der Waals surface area (Å²) in [5.41, 5.74) is 1.08. The third kappa shape index (κ3) is 4.46.